The zero-order valence-electron chi connectivity index (χ0n) is 60.9. The Hall–Kier alpha value is -11.1. The number of nitriles is 2. The van der Waals surface area contributed by atoms with E-state index < -0.39 is 13.6 Å². The summed E-state index contributed by atoms with van der Waals surface area (Å²) in [6.07, 6.45) is 0. The van der Waals surface area contributed by atoms with Crippen LogP contribution < -0.4 is 26.2 Å². The summed E-state index contributed by atoms with van der Waals surface area (Å²) in [5, 5.41) is 28.9. The van der Waals surface area contributed by atoms with Gasteiger partial charge in [0.25, 0.3) is 6.71 Å². The van der Waals surface area contributed by atoms with E-state index >= 15 is 0 Å². The van der Waals surface area contributed by atoms with E-state index in [2.05, 4.69) is 333 Å². The molecule has 0 spiro atoms. The van der Waals surface area contributed by atoms with E-state index in [1.165, 1.54) is 22.3 Å². The third-order valence-electron chi connectivity index (χ3n) is 20.7. The molecule has 0 saturated heterocycles. The van der Waals surface area contributed by atoms with Crippen molar-refractivity contribution in [3.63, 3.8) is 0 Å². The lowest BCUT2D eigenvalue weighted by atomic mass is 9.33. The van der Waals surface area contributed by atoms with Gasteiger partial charge in [0.2, 0.25) is 0 Å². The minimum Gasteiger partial charge on any atom is -0.310 e. The van der Waals surface area contributed by atoms with Crippen LogP contribution in [0.2, 0.25) is 0 Å². The van der Waals surface area contributed by atoms with Gasteiger partial charge in [0.15, 0.2) is 0 Å². The molecule has 7 heteroatoms. The number of fused-ring (bicyclic) bond motifs is 10. The fourth-order valence-electron chi connectivity index (χ4n) is 15.4. The maximum absolute atomic E-state index is 12.3. The molecule has 0 N–H and O–H groups in total. The van der Waals surface area contributed by atoms with Crippen LogP contribution in [0.25, 0.3) is 88.4 Å². The average Bonchev–Trinajstić information content (AvgIpc) is 1.37. The monoisotopic (exact) mass is 1270 g/mol. The molecule has 0 aliphatic carbocycles. The van der Waals surface area contributed by atoms with Crippen LogP contribution in [-0.2, 0) is 21.7 Å². The Morgan fingerprint density at radius 1 is 0.306 bits per heavy atom. The van der Waals surface area contributed by atoms with Gasteiger partial charge in [0.1, 0.15) is 23.3 Å². The number of aromatic nitrogens is 2. The van der Waals surface area contributed by atoms with Crippen molar-refractivity contribution in [3.8, 4) is 56.9 Å². The maximum atomic E-state index is 12.3. The lowest BCUT2D eigenvalue weighted by Gasteiger charge is -2.45. The number of benzene rings is 12. The van der Waals surface area contributed by atoms with E-state index in [1.807, 2.05) is 12.1 Å². The zero-order chi connectivity index (χ0) is 70.6. The van der Waals surface area contributed by atoms with Crippen molar-refractivity contribution in [1.82, 2.24) is 9.13 Å². The van der Waals surface area contributed by atoms with Crippen LogP contribution in [0.5, 0.6) is 0 Å². The molecule has 98 heavy (non-hydrogen) atoms. The molecular weight excluding hydrogens is 1190 g/mol. The van der Waals surface area contributed by atoms with Gasteiger partial charge in [-0.25, -0.2) is 0 Å². The third kappa shape index (κ3) is 9.96. The first-order chi connectivity index (χ1) is 48.2. The number of rotatable bonds is 7. The molecule has 12 aromatic carbocycles. The van der Waals surface area contributed by atoms with Crippen molar-refractivity contribution in [2.45, 2.75) is 112 Å². The maximum Gasteiger partial charge on any atom is 0.252 e. The molecule has 16 rings (SSSR count). The molecule has 0 saturated carbocycles. The molecule has 2 aromatic heterocycles. The Bertz CT molecular complexity index is 5370. The molecule has 0 atom stereocenters. The molecular formula is C91H79BN6. The Labute approximate surface area is 581 Å². The van der Waals surface area contributed by atoms with E-state index in [4.69, 9.17) is 4.11 Å². The molecule has 4 heterocycles. The lowest BCUT2D eigenvalue weighted by Crippen LogP contribution is -2.61. The van der Waals surface area contributed by atoms with Crippen LogP contribution in [0.4, 0.5) is 34.1 Å². The minimum absolute atomic E-state index is 0.161. The smallest absolute Gasteiger partial charge is 0.252 e. The van der Waals surface area contributed by atoms with E-state index in [1.54, 1.807) is 12.1 Å². The van der Waals surface area contributed by atoms with Crippen LogP contribution >= 0.6 is 0 Å². The van der Waals surface area contributed by atoms with Crippen LogP contribution in [-0.4, -0.2) is 15.8 Å². The van der Waals surface area contributed by atoms with Gasteiger partial charge in [-0.3, -0.25) is 0 Å². The highest BCUT2D eigenvalue weighted by Crippen LogP contribution is 2.51. The number of anilines is 6. The molecule has 476 valence electrons. The zero-order valence-corrected chi connectivity index (χ0v) is 57.9. The summed E-state index contributed by atoms with van der Waals surface area (Å²) in [5.74, 6) is 0. The molecule has 0 unspecified atom stereocenters. The summed E-state index contributed by atoms with van der Waals surface area (Å²) in [5.41, 5.74) is 24.8. The highest BCUT2D eigenvalue weighted by Gasteiger charge is 2.45. The van der Waals surface area contributed by atoms with Gasteiger partial charge < -0.3 is 18.9 Å². The summed E-state index contributed by atoms with van der Waals surface area (Å²) >= 11 is 0. The first kappa shape index (κ1) is 58.3. The Morgan fingerprint density at radius 2 is 0.622 bits per heavy atom. The molecule has 0 bridgehead atoms. The minimum atomic E-state index is -2.34. The Balaban J connectivity index is 1.06. The van der Waals surface area contributed by atoms with Crippen LogP contribution in [0.1, 0.15) is 126 Å². The van der Waals surface area contributed by atoms with Crippen molar-refractivity contribution in [3.05, 3.63) is 282 Å². The van der Waals surface area contributed by atoms with Gasteiger partial charge in [-0.2, -0.15) is 10.5 Å². The summed E-state index contributed by atoms with van der Waals surface area (Å²) in [4.78, 5) is 4.68. The largest absolute Gasteiger partial charge is 0.310 e. The van der Waals surface area contributed by atoms with Gasteiger partial charge in [0.05, 0.1) is 44.8 Å². The fraction of sp³-hybridized carbons (Fsp3) is 0.187. The molecule has 0 radical (unpaired) electrons. The second-order valence-corrected chi connectivity index (χ2v) is 31.1. The Morgan fingerprint density at radius 3 is 0.959 bits per heavy atom. The fourth-order valence-corrected chi connectivity index (χ4v) is 15.4. The quantitative estimate of drug-likeness (QED) is 0.149. The third-order valence-corrected chi connectivity index (χ3v) is 20.7. The number of para-hydroxylation sites is 4. The summed E-state index contributed by atoms with van der Waals surface area (Å²) < 4.78 is 30.1. The molecule has 2 aliphatic rings. The van der Waals surface area contributed by atoms with Gasteiger partial charge in [-0.15, -0.1) is 0 Å². The topological polar surface area (TPSA) is 63.9 Å². The summed E-state index contributed by atoms with van der Waals surface area (Å²) in [6, 6.07) is 91.8. The highest BCUT2D eigenvalue weighted by molar-refractivity contribution is 7.00. The second kappa shape index (κ2) is 22.5. The van der Waals surface area contributed by atoms with Gasteiger partial charge in [-0.05, 0) is 173 Å². The molecule has 14 aromatic rings. The number of hydrogen-bond acceptors (Lipinski definition) is 4. The number of hydrogen-bond donors (Lipinski definition) is 0. The summed E-state index contributed by atoms with van der Waals surface area (Å²) in [6.45, 7) is 24.6. The highest BCUT2D eigenvalue weighted by atomic mass is 15.2. The first-order valence-corrected chi connectivity index (χ1v) is 34.2. The van der Waals surface area contributed by atoms with Crippen LogP contribution in [0, 0.1) is 29.5 Å². The van der Waals surface area contributed by atoms with Crippen LogP contribution in [0.15, 0.2) is 243 Å². The van der Waals surface area contributed by atoms with Crippen molar-refractivity contribution in [1.29, 1.82) is 10.5 Å². The standard InChI is InChI=1S/C91H79BN6/c1-56-36-38-57(39-37-56)62-50-85-87-86(51-62)98(82-35-23-33-80(72(82)55-94)96-77-30-20-16-26-69(77)70-27-17-21-31-78(70)96)84-49-59(61-46-65(90(8,9)10)53-66(47-61)91(11,12)13)41-43-74(84)92(87)73-42-40-58(60-44-63(88(2,3)4)52-64(45-60)89(5,6)7)48-83(73)97(85)81-34-22-32-79(71(81)54-93)95-75-28-18-14-24-67(75)68-25-15-19-29-76(68)95/h14-53H,1-13H3/i1D3. The second-order valence-electron chi connectivity index (χ2n) is 31.1. The summed E-state index contributed by atoms with van der Waals surface area (Å²) in [7, 11) is 0. The van der Waals surface area contributed by atoms with Gasteiger partial charge in [0, 0.05) is 48.4 Å². The number of aryl methyl sites for hydroxylation is 1. The predicted octanol–water partition coefficient (Wildman–Crippen LogP) is 22.2. The SMILES string of the molecule is [2H]C([2H])([2H])c1ccc(-c2cc3c4c(c2)N(c2cccc(-n5c6ccccc6c6ccccc65)c2C#N)c2cc(-c5cc(C(C)(C)C)cc(C(C)(C)C)c5)ccc2B4c2ccc(-c4cc(C(C)(C)C)cc(C(C)(C)C)c4)cc2N3c2cccc(-n3c4ccccc4c4ccccc43)c2C#N)cc1. The van der Waals surface area contributed by atoms with Crippen LogP contribution in [0.3, 0.4) is 0 Å². The molecule has 2 aliphatic heterocycles. The van der Waals surface area contributed by atoms with E-state index in [-0.39, 0.29) is 27.2 Å². The van der Waals surface area contributed by atoms with E-state index in [9.17, 15) is 10.5 Å². The van der Waals surface area contributed by atoms with Crippen molar-refractivity contribution in [2.75, 3.05) is 9.80 Å². The molecule has 6 nitrogen and oxygen atoms in total. The van der Waals surface area contributed by atoms with Crippen molar-refractivity contribution >= 4 is 101 Å². The van der Waals surface area contributed by atoms with Gasteiger partial charge >= 0.3 is 0 Å². The van der Waals surface area contributed by atoms with E-state index in [0.29, 0.717) is 22.5 Å². The van der Waals surface area contributed by atoms with Crippen molar-refractivity contribution in [2.24, 2.45) is 0 Å². The normalized spacial score (nSPS) is 13.7. The Kier molecular flexibility index (Phi) is 13.4. The molecule has 0 amide bonds. The van der Waals surface area contributed by atoms with Gasteiger partial charge in [-0.1, -0.05) is 259 Å². The predicted molar refractivity (Wildman–Crippen MR) is 414 cm³/mol. The van der Waals surface area contributed by atoms with E-state index in [0.717, 1.165) is 128 Å². The lowest BCUT2D eigenvalue weighted by molar-refractivity contribution is 0.568. The molecule has 0 fully saturated rings. The first-order valence-electron chi connectivity index (χ1n) is 35.7. The van der Waals surface area contributed by atoms with Crippen molar-refractivity contribution < 1.29 is 4.11 Å². The average molecular weight is 1270 g/mol. The number of nitrogens with zero attached hydrogens (tertiary/aromatic N) is 6.